The predicted octanol–water partition coefficient (Wildman–Crippen LogP) is 3.30. The van der Waals surface area contributed by atoms with Crippen LogP contribution in [0.15, 0.2) is 12.1 Å². The topological polar surface area (TPSA) is 48.0 Å². The standard InChI is InChI=1S/C18H27NO4/c1-5-6-7-13-12-19(9-8-15(13)20)14-10-16(21-2)18(23-4)17(11-14)22-3/h10-11,13H,5-9,12H2,1-4H3. The first kappa shape index (κ1) is 17.4. The Kier molecular flexibility index (Phi) is 6.13. The van der Waals surface area contributed by atoms with Crippen LogP contribution < -0.4 is 19.1 Å². The lowest BCUT2D eigenvalue weighted by molar-refractivity contribution is -0.123. The first-order valence-electron chi connectivity index (χ1n) is 8.22. The molecule has 0 N–H and O–H groups in total. The van der Waals surface area contributed by atoms with Gasteiger partial charge in [0.2, 0.25) is 5.75 Å². The number of rotatable bonds is 7. The summed E-state index contributed by atoms with van der Waals surface area (Å²) in [5.41, 5.74) is 1.01. The Hall–Kier alpha value is -1.91. The minimum absolute atomic E-state index is 0.128. The van der Waals surface area contributed by atoms with Gasteiger partial charge in [0.05, 0.1) is 21.3 Å². The highest BCUT2D eigenvalue weighted by Gasteiger charge is 2.28. The lowest BCUT2D eigenvalue weighted by atomic mass is 9.91. The number of piperidine rings is 1. The third kappa shape index (κ3) is 3.89. The molecule has 1 aliphatic rings. The molecule has 0 aliphatic carbocycles. The van der Waals surface area contributed by atoms with Crippen molar-refractivity contribution in [1.29, 1.82) is 0 Å². The molecule has 128 valence electrons. The van der Waals surface area contributed by atoms with Gasteiger partial charge in [0.25, 0.3) is 0 Å². The molecule has 1 fully saturated rings. The maximum Gasteiger partial charge on any atom is 0.203 e. The molecule has 1 aliphatic heterocycles. The molecule has 1 aromatic carbocycles. The third-order valence-electron chi connectivity index (χ3n) is 4.45. The van der Waals surface area contributed by atoms with Crippen molar-refractivity contribution in [2.24, 2.45) is 5.92 Å². The number of ketones is 1. The number of nitrogens with zero attached hydrogens (tertiary/aromatic N) is 1. The van der Waals surface area contributed by atoms with Gasteiger partial charge >= 0.3 is 0 Å². The second kappa shape index (κ2) is 8.09. The van der Waals surface area contributed by atoms with E-state index < -0.39 is 0 Å². The van der Waals surface area contributed by atoms with E-state index in [-0.39, 0.29) is 5.92 Å². The van der Waals surface area contributed by atoms with E-state index in [1.165, 1.54) is 0 Å². The van der Waals surface area contributed by atoms with Crippen molar-refractivity contribution in [3.8, 4) is 17.2 Å². The normalized spacial score (nSPS) is 18.0. The Morgan fingerprint density at radius 2 is 1.78 bits per heavy atom. The molecule has 5 nitrogen and oxygen atoms in total. The fourth-order valence-corrected chi connectivity index (χ4v) is 3.10. The third-order valence-corrected chi connectivity index (χ3v) is 4.45. The van der Waals surface area contributed by atoms with Gasteiger partial charge in [0.1, 0.15) is 5.78 Å². The summed E-state index contributed by atoms with van der Waals surface area (Å²) in [5.74, 6) is 2.40. The van der Waals surface area contributed by atoms with E-state index in [0.717, 1.165) is 38.0 Å². The lowest BCUT2D eigenvalue weighted by Crippen LogP contribution is -2.40. The predicted molar refractivity (Wildman–Crippen MR) is 91.0 cm³/mol. The number of carbonyl (C=O) groups is 1. The van der Waals surface area contributed by atoms with Crippen molar-refractivity contribution in [3.63, 3.8) is 0 Å². The Morgan fingerprint density at radius 1 is 1.13 bits per heavy atom. The molecule has 0 bridgehead atoms. The van der Waals surface area contributed by atoms with Gasteiger partial charge in [-0.3, -0.25) is 4.79 Å². The molecule has 23 heavy (non-hydrogen) atoms. The van der Waals surface area contributed by atoms with Gasteiger partial charge in [-0.05, 0) is 6.42 Å². The molecule has 1 aromatic rings. The smallest absolute Gasteiger partial charge is 0.203 e. The zero-order chi connectivity index (χ0) is 16.8. The van der Waals surface area contributed by atoms with Crippen molar-refractivity contribution in [1.82, 2.24) is 0 Å². The summed E-state index contributed by atoms with van der Waals surface area (Å²) >= 11 is 0. The van der Waals surface area contributed by atoms with Crippen LogP contribution in [-0.2, 0) is 4.79 Å². The van der Waals surface area contributed by atoms with Gasteiger partial charge in [-0.25, -0.2) is 0 Å². The summed E-state index contributed by atoms with van der Waals surface area (Å²) in [6, 6.07) is 3.90. The fraction of sp³-hybridized carbons (Fsp3) is 0.611. The van der Waals surface area contributed by atoms with Crippen LogP contribution in [0.1, 0.15) is 32.6 Å². The van der Waals surface area contributed by atoms with Crippen LogP contribution in [0.2, 0.25) is 0 Å². The van der Waals surface area contributed by atoms with Gasteiger partial charge < -0.3 is 19.1 Å². The zero-order valence-electron chi connectivity index (χ0n) is 14.6. The molecule has 1 atom stereocenters. The summed E-state index contributed by atoms with van der Waals surface area (Å²) in [6.07, 6.45) is 3.79. The molecule has 0 saturated carbocycles. The van der Waals surface area contributed by atoms with Gasteiger partial charge in [-0.1, -0.05) is 19.8 Å². The highest BCUT2D eigenvalue weighted by Crippen LogP contribution is 2.41. The van der Waals surface area contributed by atoms with Crippen molar-refractivity contribution in [2.45, 2.75) is 32.6 Å². The summed E-state index contributed by atoms with van der Waals surface area (Å²) in [7, 11) is 4.83. The van der Waals surface area contributed by atoms with Crippen molar-refractivity contribution in [3.05, 3.63) is 12.1 Å². The molecule has 0 amide bonds. The van der Waals surface area contributed by atoms with E-state index in [2.05, 4.69) is 11.8 Å². The number of benzene rings is 1. The molecule has 1 unspecified atom stereocenters. The number of hydrogen-bond acceptors (Lipinski definition) is 5. The summed E-state index contributed by atoms with van der Waals surface area (Å²) in [4.78, 5) is 14.4. The maximum atomic E-state index is 12.1. The number of hydrogen-bond donors (Lipinski definition) is 0. The molecule has 1 heterocycles. The SMILES string of the molecule is CCCCC1CN(c2cc(OC)c(OC)c(OC)c2)CCC1=O. The van der Waals surface area contributed by atoms with Crippen molar-refractivity contribution < 1.29 is 19.0 Å². The van der Waals surface area contributed by atoms with Crippen LogP contribution in [0.4, 0.5) is 5.69 Å². The number of Topliss-reactive ketones (excluding diaryl/α,β-unsaturated/α-hetero) is 1. The fourth-order valence-electron chi connectivity index (χ4n) is 3.10. The Labute approximate surface area is 138 Å². The van der Waals surface area contributed by atoms with Crippen LogP contribution in [0, 0.1) is 5.92 Å². The van der Waals surface area contributed by atoms with Gasteiger partial charge in [-0.2, -0.15) is 0 Å². The van der Waals surface area contributed by atoms with E-state index in [9.17, 15) is 4.79 Å². The highest BCUT2D eigenvalue weighted by atomic mass is 16.5. The highest BCUT2D eigenvalue weighted by molar-refractivity contribution is 5.83. The van der Waals surface area contributed by atoms with Crippen LogP contribution in [0.5, 0.6) is 17.2 Å². The Balaban J connectivity index is 2.25. The summed E-state index contributed by atoms with van der Waals surface area (Å²) < 4.78 is 16.2. The molecule has 5 heteroatoms. The van der Waals surface area contributed by atoms with Crippen LogP contribution in [0.25, 0.3) is 0 Å². The first-order chi connectivity index (χ1) is 11.1. The second-order valence-corrected chi connectivity index (χ2v) is 5.89. The summed E-state index contributed by atoms with van der Waals surface area (Å²) in [5, 5.41) is 0. The first-order valence-corrected chi connectivity index (χ1v) is 8.22. The average molecular weight is 321 g/mol. The van der Waals surface area contributed by atoms with E-state index in [1.807, 2.05) is 12.1 Å². The van der Waals surface area contributed by atoms with E-state index in [4.69, 9.17) is 14.2 Å². The number of unbranched alkanes of at least 4 members (excludes halogenated alkanes) is 1. The van der Waals surface area contributed by atoms with Crippen LogP contribution >= 0.6 is 0 Å². The quantitative estimate of drug-likeness (QED) is 0.771. The molecule has 2 rings (SSSR count). The molecular formula is C18H27NO4. The average Bonchev–Trinajstić information content (AvgIpc) is 2.59. The monoisotopic (exact) mass is 321 g/mol. The number of carbonyl (C=O) groups excluding carboxylic acids is 1. The van der Waals surface area contributed by atoms with Gasteiger partial charge in [-0.15, -0.1) is 0 Å². The van der Waals surface area contributed by atoms with Crippen LogP contribution in [-0.4, -0.2) is 40.2 Å². The summed E-state index contributed by atoms with van der Waals surface area (Å²) in [6.45, 7) is 3.65. The molecule has 0 radical (unpaired) electrons. The van der Waals surface area contributed by atoms with Crippen LogP contribution in [0.3, 0.4) is 0 Å². The number of ether oxygens (including phenoxy) is 3. The largest absolute Gasteiger partial charge is 0.493 e. The Bertz CT molecular complexity index is 519. The van der Waals surface area contributed by atoms with Gasteiger partial charge in [0.15, 0.2) is 11.5 Å². The molecule has 0 aromatic heterocycles. The number of methoxy groups -OCH3 is 3. The molecule has 0 spiro atoms. The van der Waals surface area contributed by atoms with E-state index in [1.54, 1.807) is 21.3 Å². The maximum absolute atomic E-state index is 12.1. The van der Waals surface area contributed by atoms with E-state index >= 15 is 0 Å². The minimum Gasteiger partial charge on any atom is -0.493 e. The zero-order valence-corrected chi connectivity index (χ0v) is 14.6. The Morgan fingerprint density at radius 3 is 2.30 bits per heavy atom. The molecule has 1 saturated heterocycles. The van der Waals surface area contributed by atoms with E-state index in [0.29, 0.717) is 29.5 Å². The minimum atomic E-state index is 0.128. The van der Waals surface area contributed by atoms with Gasteiger partial charge in [0, 0.05) is 43.2 Å². The number of anilines is 1. The second-order valence-electron chi connectivity index (χ2n) is 5.89. The molecular weight excluding hydrogens is 294 g/mol. The van der Waals surface area contributed by atoms with Crippen molar-refractivity contribution >= 4 is 11.5 Å². The van der Waals surface area contributed by atoms with Crippen molar-refractivity contribution in [2.75, 3.05) is 39.3 Å². The lowest BCUT2D eigenvalue weighted by Gasteiger charge is -2.34.